The molecule has 2 aromatic carbocycles. The summed E-state index contributed by atoms with van der Waals surface area (Å²) in [5.41, 5.74) is -0.904. The minimum absolute atomic E-state index is 0.00472. The van der Waals surface area contributed by atoms with Gasteiger partial charge in [0.2, 0.25) is 5.91 Å². The molecule has 0 aliphatic carbocycles. The molecular formula is C24H29F4N3O4. The topological polar surface area (TPSA) is 74.3 Å². The van der Waals surface area contributed by atoms with Gasteiger partial charge in [-0.05, 0) is 31.2 Å². The van der Waals surface area contributed by atoms with Crippen molar-refractivity contribution in [3.63, 3.8) is 0 Å². The summed E-state index contributed by atoms with van der Waals surface area (Å²) in [5, 5.41) is 12.8. The number of hydrogen-bond donors (Lipinski definition) is 2. The van der Waals surface area contributed by atoms with E-state index < -0.39 is 29.6 Å². The van der Waals surface area contributed by atoms with Gasteiger partial charge in [-0.15, -0.1) is 0 Å². The number of carbonyl (C=O) groups is 1. The second kappa shape index (κ2) is 11.7. The first kappa shape index (κ1) is 26.7. The average Bonchev–Trinajstić information content (AvgIpc) is 2.79. The molecule has 0 unspecified atom stereocenters. The van der Waals surface area contributed by atoms with Gasteiger partial charge in [0.15, 0.2) is 11.6 Å². The predicted molar refractivity (Wildman–Crippen MR) is 122 cm³/mol. The number of nitrogens with zero attached hydrogens (tertiary/aromatic N) is 2. The van der Waals surface area contributed by atoms with E-state index >= 15 is 0 Å². The van der Waals surface area contributed by atoms with E-state index in [1.54, 1.807) is 12.1 Å². The quantitative estimate of drug-likeness (QED) is 0.517. The molecule has 0 bridgehead atoms. The third-order valence-corrected chi connectivity index (χ3v) is 5.68. The predicted octanol–water partition coefficient (Wildman–Crippen LogP) is 3.24. The van der Waals surface area contributed by atoms with Crippen molar-refractivity contribution in [1.29, 1.82) is 0 Å². The molecule has 11 heteroatoms. The van der Waals surface area contributed by atoms with Gasteiger partial charge >= 0.3 is 6.18 Å². The van der Waals surface area contributed by atoms with E-state index in [-0.39, 0.29) is 36.4 Å². The minimum Gasteiger partial charge on any atom is -0.497 e. The first-order valence-corrected chi connectivity index (χ1v) is 11.1. The molecule has 2 aromatic rings. The van der Waals surface area contributed by atoms with Gasteiger partial charge in [-0.3, -0.25) is 14.6 Å². The summed E-state index contributed by atoms with van der Waals surface area (Å²) < 4.78 is 63.2. The first-order valence-electron chi connectivity index (χ1n) is 11.1. The van der Waals surface area contributed by atoms with Crippen LogP contribution in [0.4, 0.5) is 23.2 Å². The number of halogens is 4. The highest BCUT2D eigenvalue weighted by Gasteiger charge is 2.32. The normalized spacial score (nSPS) is 18.2. The Morgan fingerprint density at radius 2 is 1.97 bits per heavy atom. The van der Waals surface area contributed by atoms with Gasteiger partial charge in [-0.1, -0.05) is 12.1 Å². The molecule has 35 heavy (non-hydrogen) atoms. The lowest BCUT2D eigenvalue weighted by atomic mass is 10.1. The van der Waals surface area contributed by atoms with Gasteiger partial charge in [0.1, 0.15) is 18.5 Å². The van der Waals surface area contributed by atoms with E-state index in [0.29, 0.717) is 26.2 Å². The molecule has 1 aliphatic heterocycles. The van der Waals surface area contributed by atoms with E-state index in [1.807, 2.05) is 16.7 Å². The summed E-state index contributed by atoms with van der Waals surface area (Å²) in [5.74, 6) is -0.863. The van der Waals surface area contributed by atoms with Crippen LogP contribution in [0.1, 0.15) is 12.5 Å². The second-order valence-corrected chi connectivity index (χ2v) is 8.47. The van der Waals surface area contributed by atoms with Crippen LogP contribution in [-0.4, -0.2) is 79.4 Å². The smallest absolute Gasteiger partial charge is 0.416 e. The SMILES string of the molecule is COc1cc(NC(=O)CN2CCN(C[C@@H](O)COc3ccccc3F)[C@@H](C)C2)cc(C(F)(F)F)c1. The fourth-order valence-corrected chi connectivity index (χ4v) is 3.91. The number of piperazine rings is 1. The van der Waals surface area contributed by atoms with Gasteiger partial charge in [0.05, 0.1) is 19.2 Å². The Labute approximate surface area is 201 Å². The maximum Gasteiger partial charge on any atom is 0.416 e. The van der Waals surface area contributed by atoms with E-state index in [1.165, 1.54) is 25.3 Å². The van der Waals surface area contributed by atoms with Crippen LogP contribution in [0.3, 0.4) is 0 Å². The fraction of sp³-hybridized carbons (Fsp3) is 0.458. The summed E-state index contributed by atoms with van der Waals surface area (Å²) in [6.45, 7) is 3.85. The van der Waals surface area contributed by atoms with Gasteiger partial charge in [-0.25, -0.2) is 4.39 Å². The molecule has 192 valence electrons. The molecule has 0 saturated carbocycles. The van der Waals surface area contributed by atoms with Gasteiger partial charge in [0, 0.05) is 44.0 Å². The Balaban J connectivity index is 1.47. The zero-order valence-corrected chi connectivity index (χ0v) is 19.5. The number of anilines is 1. The lowest BCUT2D eigenvalue weighted by molar-refractivity contribution is -0.137. The zero-order valence-electron chi connectivity index (χ0n) is 19.5. The molecule has 3 rings (SSSR count). The third-order valence-electron chi connectivity index (χ3n) is 5.68. The molecule has 0 aromatic heterocycles. The lowest BCUT2D eigenvalue weighted by Crippen LogP contribution is -2.55. The Morgan fingerprint density at radius 3 is 2.63 bits per heavy atom. The number of aliphatic hydroxyl groups excluding tert-OH is 1. The van der Waals surface area contributed by atoms with Crippen molar-refractivity contribution >= 4 is 11.6 Å². The average molecular weight is 500 g/mol. The molecule has 2 N–H and O–H groups in total. The number of β-amino-alcohol motifs (C(OH)–C–C–N with tert-alkyl or cyclic N) is 1. The van der Waals surface area contributed by atoms with Crippen molar-refractivity contribution in [2.75, 3.05) is 51.8 Å². The second-order valence-electron chi connectivity index (χ2n) is 8.47. The maximum atomic E-state index is 13.6. The molecule has 1 heterocycles. The van der Waals surface area contributed by atoms with E-state index in [4.69, 9.17) is 9.47 Å². The first-order chi connectivity index (χ1) is 16.5. The number of alkyl halides is 3. The van der Waals surface area contributed by atoms with E-state index in [2.05, 4.69) is 5.32 Å². The van der Waals surface area contributed by atoms with E-state index in [9.17, 15) is 27.5 Å². The zero-order chi connectivity index (χ0) is 25.6. The lowest BCUT2D eigenvalue weighted by Gasteiger charge is -2.40. The van der Waals surface area contributed by atoms with Crippen molar-refractivity contribution in [3.05, 3.63) is 53.8 Å². The van der Waals surface area contributed by atoms with Crippen molar-refractivity contribution in [2.45, 2.75) is 25.2 Å². The number of para-hydroxylation sites is 1. The van der Waals surface area contributed by atoms with Crippen LogP contribution >= 0.6 is 0 Å². The van der Waals surface area contributed by atoms with Gasteiger partial charge < -0.3 is 19.9 Å². The van der Waals surface area contributed by atoms with Crippen LogP contribution in [0.2, 0.25) is 0 Å². The number of benzene rings is 2. The van der Waals surface area contributed by atoms with Crippen molar-refractivity contribution in [2.24, 2.45) is 0 Å². The number of hydrogen-bond acceptors (Lipinski definition) is 6. The molecule has 0 radical (unpaired) electrons. The minimum atomic E-state index is -4.56. The summed E-state index contributed by atoms with van der Waals surface area (Å²) in [6, 6.07) is 9.04. The Kier molecular flexibility index (Phi) is 8.92. The summed E-state index contributed by atoms with van der Waals surface area (Å²) in [6.07, 6.45) is -5.40. The van der Waals surface area contributed by atoms with Crippen LogP contribution < -0.4 is 14.8 Å². The molecule has 2 atom stereocenters. The largest absolute Gasteiger partial charge is 0.497 e. The monoisotopic (exact) mass is 499 g/mol. The Morgan fingerprint density at radius 1 is 1.23 bits per heavy atom. The van der Waals surface area contributed by atoms with Crippen LogP contribution in [0.15, 0.2) is 42.5 Å². The van der Waals surface area contributed by atoms with Crippen LogP contribution in [0.5, 0.6) is 11.5 Å². The van der Waals surface area contributed by atoms with Crippen molar-refractivity contribution < 1.29 is 36.9 Å². The Bertz CT molecular complexity index is 1000. The number of nitrogens with one attached hydrogen (secondary N) is 1. The highest BCUT2D eigenvalue weighted by Crippen LogP contribution is 2.34. The summed E-state index contributed by atoms with van der Waals surface area (Å²) in [7, 11) is 1.25. The molecule has 0 spiro atoms. The summed E-state index contributed by atoms with van der Waals surface area (Å²) in [4.78, 5) is 16.4. The Hall–Kier alpha value is -2.89. The van der Waals surface area contributed by atoms with Gasteiger partial charge in [-0.2, -0.15) is 13.2 Å². The van der Waals surface area contributed by atoms with Crippen LogP contribution in [0, 0.1) is 5.82 Å². The molecule has 1 fully saturated rings. The number of ether oxygens (including phenoxy) is 2. The maximum absolute atomic E-state index is 13.6. The molecule has 1 aliphatic rings. The standard InChI is InChI=1S/C24H29F4N3O4/c1-16-12-30(7-8-31(16)13-19(32)15-35-22-6-4-3-5-21(22)25)14-23(33)29-18-9-17(24(26,27)28)10-20(11-18)34-2/h3-6,9-11,16,19,32H,7-8,12-15H2,1-2H3,(H,29,33)/t16-,19+/m0/s1. The molecule has 1 saturated heterocycles. The summed E-state index contributed by atoms with van der Waals surface area (Å²) >= 11 is 0. The van der Waals surface area contributed by atoms with Crippen LogP contribution in [0.25, 0.3) is 0 Å². The third kappa shape index (κ3) is 7.81. The number of amides is 1. The van der Waals surface area contributed by atoms with Crippen molar-refractivity contribution in [3.8, 4) is 11.5 Å². The van der Waals surface area contributed by atoms with Crippen molar-refractivity contribution in [1.82, 2.24) is 9.80 Å². The highest BCUT2D eigenvalue weighted by atomic mass is 19.4. The number of carbonyl (C=O) groups excluding carboxylic acids is 1. The molecular weight excluding hydrogens is 470 g/mol. The molecule has 1 amide bonds. The molecule has 7 nitrogen and oxygen atoms in total. The van der Waals surface area contributed by atoms with Crippen LogP contribution in [-0.2, 0) is 11.0 Å². The highest BCUT2D eigenvalue weighted by molar-refractivity contribution is 5.92. The van der Waals surface area contributed by atoms with E-state index in [0.717, 1.165) is 12.1 Å². The number of methoxy groups -OCH3 is 1. The van der Waals surface area contributed by atoms with Gasteiger partial charge in [0.25, 0.3) is 0 Å². The number of rotatable bonds is 9. The number of aliphatic hydroxyl groups is 1. The fourth-order valence-electron chi connectivity index (χ4n) is 3.91.